The van der Waals surface area contributed by atoms with E-state index in [1.54, 1.807) is 4.90 Å². The average Bonchev–Trinajstić information content (AvgIpc) is 3.09. The van der Waals surface area contributed by atoms with Crippen LogP contribution in [0.3, 0.4) is 0 Å². The Morgan fingerprint density at radius 2 is 1.61 bits per heavy atom. The first-order valence-corrected chi connectivity index (χ1v) is 12.7. The molecule has 2 aromatic rings. The summed E-state index contributed by atoms with van der Waals surface area (Å²) in [5.41, 5.74) is -2.16. The number of anilines is 1. The van der Waals surface area contributed by atoms with Crippen LogP contribution in [0.4, 0.5) is 41.6 Å². The number of nitrogens with zero attached hydrogens (tertiary/aromatic N) is 2. The standard InChI is InChI=1S/C27H27F6N3O5/c1-40-23(21(15-37)17-12-18(26(28,29)30)14-19(13-17)27(31,32)33)41-25(39)35-9-7-20(8-10-35)36-11-6-16-4-2-3-5-22(16)34-24(36)38/h2-5,12-15,20-21,23H,6-11H2,1H3,(H,34,38)/t21-,23?/m1/s1. The van der Waals surface area contributed by atoms with Crippen molar-refractivity contribution in [1.29, 1.82) is 0 Å². The van der Waals surface area contributed by atoms with Crippen molar-refractivity contribution in [3.05, 3.63) is 64.7 Å². The minimum absolute atomic E-state index is 0.0629. The summed E-state index contributed by atoms with van der Waals surface area (Å²) in [6.07, 6.45) is -11.5. The summed E-state index contributed by atoms with van der Waals surface area (Å²) < 4.78 is 90.1. The van der Waals surface area contributed by atoms with Crippen LogP contribution >= 0.6 is 0 Å². The lowest BCUT2D eigenvalue weighted by Crippen LogP contribution is -2.50. The number of nitrogens with one attached hydrogen (secondary N) is 1. The van der Waals surface area contributed by atoms with Crippen LogP contribution in [0.25, 0.3) is 0 Å². The number of likely N-dealkylation sites (tertiary alicyclic amines) is 1. The second kappa shape index (κ2) is 12.0. The van der Waals surface area contributed by atoms with Crippen LogP contribution in [0.1, 0.15) is 41.0 Å². The summed E-state index contributed by atoms with van der Waals surface area (Å²) in [6.45, 7) is 0.788. The van der Waals surface area contributed by atoms with E-state index in [1.165, 1.54) is 4.90 Å². The van der Waals surface area contributed by atoms with Gasteiger partial charge in [0.2, 0.25) is 6.29 Å². The normalized spacial score (nSPS) is 18.2. The summed E-state index contributed by atoms with van der Waals surface area (Å²) in [6, 6.07) is 7.74. The summed E-state index contributed by atoms with van der Waals surface area (Å²) in [7, 11) is 1.01. The van der Waals surface area contributed by atoms with Crippen LogP contribution in [0.5, 0.6) is 0 Å². The Morgan fingerprint density at radius 3 is 2.17 bits per heavy atom. The average molecular weight is 588 g/mol. The number of para-hydroxylation sites is 1. The highest BCUT2D eigenvalue weighted by molar-refractivity contribution is 5.91. The number of amides is 3. The summed E-state index contributed by atoms with van der Waals surface area (Å²) >= 11 is 0. The highest BCUT2D eigenvalue weighted by Crippen LogP contribution is 2.38. The number of methoxy groups -OCH3 is 1. The van der Waals surface area contributed by atoms with Gasteiger partial charge in [-0.15, -0.1) is 0 Å². The molecule has 0 aromatic heterocycles. The first-order chi connectivity index (χ1) is 19.3. The number of hydrogen-bond donors (Lipinski definition) is 1. The molecule has 2 aromatic carbocycles. The van der Waals surface area contributed by atoms with Gasteiger partial charge in [-0.2, -0.15) is 26.3 Å². The molecule has 14 heteroatoms. The number of rotatable bonds is 6. The molecule has 2 atom stereocenters. The fourth-order valence-corrected chi connectivity index (χ4v) is 5.01. The molecule has 3 amide bonds. The van der Waals surface area contributed by atoms with E-state index in [0.29, 0.717) is 37.9 Å². The van der Waals surface area contributed by atoms with Gasteiger partial charge in [0.05, 0.1) is 11.1 Å². The van der Waals surface area contributed by atoms with Gasteiger partial charge in [0.1, 0.15) is 12.2 Å². The lowest BCUT2D eigenvalue weighted by atomic mass is 9.95. The van der Waals surface area contributed by atoms with Gasteiger partial charge in [0.25, 0.3) is 0 Å². The van der Waals surface area contributed by atoms with Gasteiger partial charge in [0, 0.05) is 38.5 Å². The fraction of sp³-hybridized carbons (Fsp3) is 0.444. The molecule has 41 heavy (non-hydrogen) atoms. The van der Waals surface area contributed by atoms with Crippen molar-refractivity contribution in [1.82, 2.24) is 9.80 Å². The van der Waals surface area contributed by atoms with Crippen molar-refractivity contribution in [2.24, 2.45) is 0 Å². The van der Waals surface area contributed by atoms with E-state index < -0.39 is 47.3 Å². The number of hydrogen-bond acceptors (Lipinski definition) is 5. The van der Waals surface area contributed by atoms with Gasteiger partial charge >= 0.3 is 24.5 Å². The molecule has 0 spiro atoms. The van der Waals surface area contributed by atoms with Crippen molar-refractivity contribution in [3.8, 4) is 0 Å². The van der Waals surface area contributed by atoms with Gasteiger partial charge in [-0.1, -0.05) is 18.2 Å². The number of ether oxygens (including phenoxy) is 2. The zero-order valence-corrected chi connectivity index (χ0v) is 21.8. The lowest BCUT2D eigenvalue weighted by Gasteiger charge is -2.38. The molecule has 222 valence electrons. The number of alkyl halides is 6. The first-order valence-electron chi connectivity index (χ1n) is 12.7. The Balaban J connectivity index is 1.42. The Labute approximate surface area is 231 Å². The van der Waals surface area contributed by atoms with Crippen LogP contribution in [-0.4, -0.2) is 67.3 Å². The third-order valence-electron chi connectivity index (χ3n) is 7.19. The van der Waals surface area contributed by atoms with Crippen LogP contribution in [0.15, 0.2) is 42.5 Å². The van der Waals surface area contributed by atoms with E-state index in [2.05, 4.69) is 5.32 Å². The molecule has 4 rings (SSSR count). The molecule has 0 aliphatic carbocycles. The Hall–Kier alpha value is -3.81. The smallest absolute Gasteiger partial charge is 0.416 e. The second-order valence-electron chi connectivity index (χ2n) is 9.74. The lowest BCUT2D eigenvalue weighted by molar-refractivity contribution is -0.144. The van der Waals surface area contributed by atoms with Crippen LogP contribution in [0.2, 0.25) is 0 Å². The Morgan fingerprint density at radius 1 is 1.00 bits per heavy atom. The van der Waals surface area contributed by atoms with Crippen molar-refractivity contribution >= 4 is 24.1 Å². The molecule has 0 bridgehead atoms. The van der Waals surface area contributed by atoms with E-state index in [0.717, 1.165) is 18.4 Å². The number of carbonyl (C=O) groups excluding carboxylic acids is 3. The zero-order chi connectivity index (χ0) is 29.9. The summed E-state index contributed by atoms with van der Waals surface area (Å²) in [4.78, 5) is 40.5. The van der Waals surface area contributed by atoms with Gasteiger partial charge in [-0.3, -0.25) is 0 Å². The van der Waals surface area contributed by atoms with Crippen molar-refractivity contribution in [2.75, 3.05) is 32.1 Å². The molecule has 2 heterocycles. The van der Waals surface area contributed by atoms with Crippen LogP contribution in [0, 0.1) is 0 Å². The molecule has 1 saturated heterocycles. The maximum absolute atomic E-state index is 13.3. The van der Waals surface area contributed by atoms with Gasteiger partial charge in [-0.25, -0.2) is 9.59 Å². The van der Waals surface area contributed by atoms with E-state index in [4.69, 9.17) is 9.47 Å². The number of urea groups is 1. The maximum atomic E-state index is 13.3. The largest absolute Gasteiger partial charge is 0.418 e. The fourth-order valence-electron chi connectivity index (χ4n) is 5.01. The van der Waals surface area contributed by atoms with Gasteiger partial charge < -0.3 is 29.4 Å². The molecule has 2 aliphatic heterocycles. The summed E-state index contributed by atoms with van der Waals surface area (Å²) in [5.74, 6) is -1.77. The number of piperidine rings is 1. The number of fused-ring (bicyclic) bond motifs is 1. The molecule has 8 nitrogen and oxygen atoms in total. The maximum Gasteiger partial charge on any atom is 0.416 e. The predicted octanol–water partition coefficient (Wildman–Crippen LogP) is 5.67. The van der Waals surface area contributed by atoms with E-state index in [1.807, 2.05) is 24.3 Å². The molecule has 2 aliphatic rings. The third kappa shape index (κ3) is 6.92. The predicted molar refractivity (Wildman–Crippen MR) is 133 cm³/mol. The highest BCUT2D eigenvalue weighted by atomic mass is 19.4. The van der Waals surface area contributed by atoms with E-state index >= 15 is 0 Å². The topological polar surface area (TPSA) is 88.2 Å². The van der Waals surface area contributed by atoms with Crippen molar-refractivity contribution < 1.29 is 50.2 Å². The molecule has 0 radical (unpaired) electrons. The molecule has 0 saturated carbocycles. The summed E-state index contributed by atoms with van der Waals surface area (Å²) in [5, 5.41) is 2.89. The minimum atomic E-state index is -5.12. The van der Waals surface area contributed by atoms with Crippen LogP contribution < -0.4 is 5.32 Å². The molecular formula is C27H27F6N3O5. The number of carbonyl (C=O) groups is 3. The molecule has 1 unspecified atom stereocenters. The Bertz CT molecular complexity index is 1240. The SMILES string of the molecule is COC(OC(=O)N1CCC(N2CCc3ccccc3NC2=O)CC1)[C@H](C=O)c1cc(C(F)(F)F)cc(C(F)(F)F)c1. The first kappa shape index (κ1) is 30.2. The number of halogens is 6. The van der Waals surface area contributed by atoms with Crippen LogP contribution in [-0.2, 0) is 33.0 Å². The zero-order valence-electron chi connectivity index (χ0n) is 21.8. The van der Waals surface area contributed by atoms with E-state index in [9.17, 15) is 40.7 Å². The Kier molecular flexibility index (Phi) is 8.80. The molecule has 1 N–H and O–H groups in total. The molecule has 1 fully saturated rings. The van der Waals surface area contributed by atoms with Gasteiger partial charge in [-0.05, 0) is 54.7 Å². The van der Waals surface area contributed by atoms with E-state index in [-0.39, 0.29) is 37.5 Å². The van der Waals surface area contributed by atoms with Crippen molar-refractivity contribution in [3.63, 3.8) is 0 Å². The minimum Gasteiger partial charge on any atom is -0.418 e. The monoisotopic (exact) mass is 587 g/mol. The quantitative estimate of drug-likeness (QED) is 0.267. The highest BCUT2D eigenvalue weighted by Gasteiger charge is 2.39. The third-order valence-corrected chi connectivity index (χ3v) is 7.19. The number of aldehydes is 1. The number of benzene rings is 2. The molecular weight excluding hydrogens is 560 g/mol. The van der Waals surface area contributed by atoms with Gasteiger partial charge in [0.15, 0.2) is 0 Å². The van der Waals surface area contributed by atoms with Crippen molar-refractivity contribution in [2.45, 2.75) is 49.9 Å². The second-order valence-corrected chi connectivity index (χ2v) is 9.74.